The van der Waals surface area contributed by atoms with Crippen LogP contribution in [0.1, 0.15) is 34.1 Å². The lowest BCUT2D eigenvalue weighted by Gasteiger charge is -2.31. The normalized spacial score (nSPS) is 17.2. The van der Waals surface area contributed by atoms with Crippen LogP contribution < -0.4 is 9.47 Å². The minimum absolute atomic E-state index is 0.0762. The van der Waals surface area contributed by atoms with Crippen molar-refractivity contribution >= 4 is 17.5 Å². The zero-order valence-corrected chi connectivity index (χ0v) is 24.2. The average Bonchev–Trinajstić information content (AvgIpc) is 3.65. The first-order chi connectivity index (χ1) is 20.4. The van der Waals surface area contributed by atoms with Gasteiger partial charge < -0.3 is 23.7 Å². The van der Waals surface area contributed by atoms with E-state index in [-0.39, 0.29) is 24.6 Å². The standard InChI is InChI=1S/C31H36FN5O5/c1-34-12-6-9-27(34)26-20-28(24-19-22(40-2)10-11-29(24)41-3)37(33-26)30(38)21-36(14-13-35-15-17-42-18-16-35)31(39)23-7-4-5-8-25(23)32/h4-12,19,28H,13-18,20-21H2,1-3H3. The molecule has 2 aromatic carbocycles. The van der Waals surface area contributed by atoms with E-state index in [2.05, 4.69) is 4.90 Å². The Balaban J connectivity index is 1.46. The lowest BCUT2D eigenvalue weighted by Crippen LogP contribution is -2.46. The molecule has 5 rings (SSSR count). The topological polar surface area (TPSA) is 88.8 Å². The number of hydrazone groups is 1. The lowest BCUT2D eigenvalue weighted by atomic mass is 9.99. The van der Waals surface area contributed by atoms with E-state index in [0.29, 0.717) is 37.7 Å². The van der Waals surface area contributed by atoms with Crippen LogP contribution in [0.4, 0.5) is 4.39 Å². The number of methoxy groups -OCH3 is 2. The maximum absolute atomic E-state index is 14.7. The van der Waals surface area contributed by atoms with E-state index in [1.165, 1.54) is 28.1 Å². The van der Waals surface area contributed by atoms with Crippen LogP contribution in [0.15, 0.2) is 65.9 Å². The fraction of sp³-hybridized carbons (Fsp3) is 0.387. The first kappa shape index (κ1) is 29.3. The molecule has 3 aromatic rings. The quantitative estimate of drug-likeness (QED) is 0.367. The third kappa shape index (κ3) is 6.32. The molecule has 0 radical (unpaired) electrons. The van der Waals surface area contributed by atoms with Crippen LogP contribution in [0.2, 0.25) is 0 Å². The molecule has 1 saturated heterocycles. The summed E-state index contributed by atoms with van der Waals surface area (Å²) in [6.45, 7) is 3.16. The predicted molar refractivity (Wildman–Crippen MR) is 155 cm³/mol. The molecular weight excluding hydrogens is 541 g/mol. The Bertz CT molecular complexity index is 1450. The Labute approximate surface area is 244 Å². The van der Waals surface area contributed by atoms with Crippen molar-refractivity contribution in [1.82, 2.24) is 19.4 Å². The second-order valence-electron chi connectivity index (χ2n) is 10.3. The Morgan fingerprint density at radius 3 is 2.55 bits per heavy atom. The smallest absolute Gasteiger partial charge is 0.262 e. The molecule has 0 spiro atoms. The van der Waals surface area contributed by atoms with Gasteiger partial charge in [0.15, 0.2) is 0 Å². The van der Waals surface area contributed by atoms with Gasteiger partial charge in [-0.3, -0.25) is 14.5 Å². The van der Waals surface area contributed by atoms with E-state index >= 15 is 0 Å². The maximum atomic E-state index is 14.7. The number of rotatable bonds is 10. The van der Waals surface area contributed by atoms with Gasteiger partial charge in [-0.15, -0.1) is 0 Å². The SMILES string of the molecule is COc1ccc(OC)c(C2CC(c3cccn3C)=NN2C(=O)CN(CCN2CCOCC2)C(=O)c2ccccc2F)c1. The molecule has 222 valence electrons. The van der Waals surface area contributed by atoms with E-state index < -0.39 is 17.8 Å². The van der Waals surface area contributed by atoms with Gasteiger partial charge in [0, 0.05) is 51.4 Å². The first-order valence-electron chi connectivity index (χ1n) is 14.0. The number of ether oxygens (including phenoxy) is 3. The van der Waals surface area contributed by atoms with Crippen molar-refractivity contribution in [1.29, 1.82) is 0 Å². The highest BCUT2D eigenvalue weighted by molar-refractivity contribution is 6.03. The summed E-state index contributed by atoms with van der Waals surface area (Å²) in [6, 6.07) is 14.6. The van der Waals surface area contributed by atoms with E-state index in [9.17, 15) is 14.0 Å². The number of carbonyl (C=O) groups is 2. The number of nitrogens with zero attached hydrogens (tertiary/aromatic N) is 5. The number of hydrogen-bond donors (Lipinski definition) is 0. The molecule has 1 fully saturated rings. The summed E-state index contributed by atoms with van der Waals surface area (Å²) in [5.74, 6) is -0.353. The molecule has 42 heavy (non-hydrogen) atoms. The van der Waals surface area contributed by atoms with E-state index in [4.69, 9.17) is 19.3 Å². The van der Waals surface area contributed by atoms with Gasteiger partial charge in [0.25, 0.3) is 11.8 Å². The third-order valence-electron chi connectivity index (χ3n) is 7.71. The lowest BCUT2D eigenvalue weighted by molar-refractivity contribution is -0.133. The molecular formula is C31H36FN5O5. The molecule has 10 nitrogen and oxygen atoms in total. The van der Waals surface area contributed by atoms with Gasteiger partial charge >= 0.3 is 0 Å². The predicted octanol–water partition coefficient (Wildman–Crippen LogP) is 3.33. The highest BCUT2D eigenvalue weighted by atomic mass is 19.1. The van der Waals surface area contributed by atoms with Gasteiger partial charge in [0.2, 0.25) is 0 Å². The Hall–Kier alpha value is -4.22. The summed E-state index contributed by atoms with van der Waals surface area (Å²) in [6.07, 6.45) is 2.35. The summed E-state index contributed by atoms with van der Waals surface area (Å²) in [7, 11) is 5.07. The van der Waals surface area contributed by atoms with Crippen LogP contribution >= 0.6 is 0 Å². The fourth-order valence-corrected chi connectivity index (χ4v) is 5.38. The van der Waals surface area contributed by atoms with Gasteiger partial charge in [0.1, 0.15) is 23.9 Å². The number of aromatic nitrogens is 1. The molecule has 0 bridgehead atoms. The van der Waals surface area contributed by atoms with Crippen molar-refractivity contribution in [2.24, 2.45) is 12.1 Å². The Morgan fingerprint density at radius 1 is 1.07 bits per heavy atom. The number of morpholine rings is 1. The van der Waals surface area contributed by atoms with Gasteiger partial charge in [-0.05, 0) is 42.5 Å². The number of carbonyl (C=O) groups excluding carboxylic acids is 2. The monoisotopic (exact) mass is 577 g/mol. The molecule has 2 amide bonds. The zero-order chi connectivity index (χ0) is 29.6. The number of aryl methyl sites for hydroxylation is 1. The molecule has 0 N–H and O–H groups in total. The molecule has 0 saturated carbocycles. The third-order valence-corrected chi connectivity index (χ3v) is 7.71. The minimum Gasteiger partial charge on any atom is -0.497 e. The zero-order valence-electron chi connectivity index (χ0n) is 24.2. The molecule has 0 aliphatic carbocycles. The summed E-state index contributed by atoms with van der Waals surface area (Å²) < 4.78 is 33.2. The van der Waals surface area contributed by atoms with Crippen LogP contribution in [-0.4, -0.2) is 97.1 Å². The van der Waals surface area contributed by atoms with E-state index in [1.807, 2.05) is 36.0 Å². The summed E-state index contributed by atoms with van der Waals surface area (Å²) in [5.41, 5.74) is 2.26. The van der Waals surface area contributed by atoms with Crippen molar-refractivity contribution in [2.75, 3.05) is 60.2 Å². The fourth-order valence-electron chi connectivity index (χ4n) is 5.38. The van der Waals surface area contributed by atoms with Crippen LogP contribution in [0.3, 0.4) is 0 Å². The Kier molecular flexibility index (Phi) is 9.19. The number of hydrogen-bond acceptors (Lipinski definition) is 7. The van der Waals surface area contributed by atoms with E-state index in [0.717, 1.165) is 30.1 Å². The first-order valence-corrected chi connectivity index (χ1v) is 14.0. The molecule has 2 aliphatic heterocycles. The molecule has 2 aliphatic rings. The second-order valence-corrected chi connectivity index (χ2v) is 10.3. The Morgan fingerprint density at radius 2 is 1.86 bits per heavy atom. The average molecular weight is 578 g/mol. The molecule has 11 heteroatoms. The highest BCUT2D eigenvalue weighted by Crippen LogP contribution is 2.39. The maximum Gasteiger partial charge on any atom is 0.262 e. The van der Waals surface area contributed by atoms with Crippen LogP contribution in [0, 0.1) is 5.82 Å². The van der Waals surface area contributed by atoms with Crippen molar-refractivity contribution < 1.29 is 28.2 Å². The molecule has 1 aromatic heterocycles. The van der Waals surface area contributed by atoms with Crippen molar-refractivity contribution in [2.45, 2.75) is 12.5 Å². The number of amides is 2. The summed E-state index contributed by atoms with van der Waals surface area (Å²) >= 11 is 0. The van der Waals surface area contributed by atoms with Gasteiger partial charge in [-0.1, -0.05) is 12.1 Å². The van der Waals surface area contributed by atoms with Gasteiger partial charge in [-0.25, -0.2) is 9.40 Å². The molecule has 1 unspecified atom stereocenters. The molecule has 3 heterocycles. The second kappa shape index (κ2) is 13.2. The highest BCUT2D eigenvalue weighted by Gasteiger charge is 2.37. The van der Waals surface area contributed by atoms with Crippen molar-refractivity contribution in [3.05, 3.63) is 83.4 Å². The van der Waals surface area contributed by atoms with Gasteiger partial charge in [0.05, 0.1) is 50.4 Å². The van der Waals surface area contributed by atoms with Crippen molar-refractivity contribution in [3.8, 4) is 11.5 Å². The van der Waals surface area contributed by atoms with Crippen LogP contribution in [0.25, 0.3) is 0 Å². The molecule has 1 atom stereocenters. The number of halogens is 1. The number of benzene rings is 2. The summed E-state index contributed by atoms with van der Waals surface area (Å²) in [5, 5.41) is 6.20. The van der Waals surface area contributed by atoms with Gasteiger partial charge in [-0.2, -0.15) is 5.10 Å². The largest absolute Gasteiger partial charge is 0.497 e. The minimum atomic E-state index is -0.629. The van der Waals surface area contributed by atoms with Crippen LogP contribution in [-0.2, 0) is 16.6 Å². The van der Waals surface area contributed by atoms with E-state index in [1.54, 1.807) is 32.4 Å². The summed E-state index contributed by atoms with van der Waals surface area (Å²) in [4.78, 5) is 31.3. The van der Waals surface area contributed by atoms with Crippen LogP contribution in [0.5, 0.6) is 11.5 Å². The van der Waals surface area contributed by atoms with Crippen molar-refractivity contribution in [3.63, 3.8) is 0 Å².